The monoisotopic (exact) mass is 267 g/mol. The summed E-state index contributed by atoms with van der Waals surface area (Å²) < 4.78 is 1.94. The Bertz CT molecular complexity index is 714. The van der Waals surface area contributed by atoms with E-state index in [9.17, 15) is 0 Å². The molecule has 3 N–H and O–H groups in total. The van der Waals surface area contributed by atoms with E-state index in [1.54, 1.807) is 12.4 Å². The number of hydrogen-bond donors (Lipinski definition) is 2. The van der Waals surface area contributed by atoms with Crippen LogP contribution in [-0.4, -0.2) is 14.8 Å². The summed E-state index contributed by atoms with van der Waals surface area (Å²) in [7, 11) is 0. The molecule has 0 spiro atoms. The molecule has 3 rings (SSSR count). The molecule has 0 saturated carbocycles. The molecule has 1 aromatic carbocycles. The maximum Gasteiger partial charge on any atom is 0.0884 e. The van der Waals surface area contributed by atoms with E-state index in [0.717, 1.165) is 28.7 Å². The second-order valence-corrected chi connectivity index (χ2v) is 4.59. The quantitative estimate of drug-likeness (QED) is 0.560. The maximum absolute atomic E-state index is 5.80. The Labute approximate surface area is 117 Å². The van der Waals surface area contributed by atoms with Gasteiger partial charge in [0.2, 0.25) is 0 Å². The molecule has 5 nitrogen and oxygen atoms in total. The van der Waals surface area contributed by atoms with Gasteiger partial charge in [0.15, 0.2) is 0 Å². The fraction of sp³-hybridized carbons (Fsp3) is 0.200. The highest BCUT2D eigenvalue weighted by Gasteiger charge is 2.18. The molecule has 1 atom stereocenters. The van der Waals surface area contributed by atoms with Gasteiger partial charge in [-0.3, -0.25) is 15.5 Å². The van der Waals surface area contributed by atoms with Crippen LogP contribution in [-0.2, 0) is 6.54 Å². The number of hydrogen-bond acceptors (Lipinski definition) is 4. The number of nitrogens with two attached hydrogens (primary N) is 1. The van der Waals surface area contributed by atoms with Crippen molar-refractivity contribution < 1.29 is 0 Å². The van der Waals surface area contributed by atoms with Crippen LogP contribution >= 0.6 is 0 Å². The summed E-state index contributed by atoms with van der Waals surface area (Å²) in [5, 5.41) is 5.41. The maximum atomic E-state index is 5.80. The predicted molar refractivity (Wildman–Crippen MR) is 78.8 cm³/mol. The van der Waals surface area contributed by atoms with Gasteiger partial charge in [-0.1, -0.05) is 18.2 Å². The highest BCUT2D eigenvalue weighted by Crippen LogP contribution is 2.27. The van der Waals surface area contributed by atoms with Crippen molar-refractivity contribution in [3.05, 3.63) is 60.0 Å². The fourth-order valence-electron chi connectivity index (χ4n) is 2.57. The third-order valence-corrected chi connectivity index (χ3v) is 3.50. The molecule has 20 heavy (non-hydrogen) atoms. The minimum Gasteiger partial charge on any atom is -0.271 e. The van der Waals surface area contributed by atoms with Crippen LogP contribution in [0.5, 0.6) is 0 Å². The summed E-state index contributed by atoms with van der Waals surface area (Å²) in [5.41, 5.74) is 6.02. The lowest BCUT2D eigenvalue weighted by atomic mass is 9.99. The van der Waals surface area contributed by atoms with Crippen molar-refractivity contribution in [1.29, 1.82) is 0 Å². The van der Waals surface area contributed by atoms with Crippen LogP contribution in [0.3, 0.4) is 0 Å². The van der Waals surface area contributed by atoms with Gasteiger partial charge in [0.25, 0.3) is 0 Å². The smallest absolute Gasteiger partial charge is 0.0884 e. The number of aromatic nitrogens is 3. The zero-order chi connectivity index (χ0) is 13.9. The van der Waals surface area contributed by atoms with Gasteiger partial charge in [0.05, 0.1) is 17.3 Å². The van der Waals surface area contributed by atoms with Gasteiger partial charge in [0.1, 0.15) is 0 Å². The van der Waals surface area contributed by atoms with Crippen LogP contribution in [0.25, 0.3) is 10.9 Å². The number of benzene rings is 1. The zero-order valence-corrected chi connectivity index (χ0v) is 11.3. The molecule has 0 amide bonds. The van der Waals surface area contributed by atoms with E-state index >= 15 is 0 Å². The molecule has 0 bridgehead atoms. The number of rotatable bonds is 4. The van der Waals surface area contributed by atoms with Gasteiger partial charge in [-0.2, -0.15) is 5.10 Å². The van der Waals surface area contributed by atoms with E-state index in [1.807, 2.05) is 28.9 Å². The first-order chi connectivity index (χ1) is 9.85. The van der Waals surface area contributed by atoms with Crippen LogP contribution in [0, 0.1) is 0 Å². The Hall–Kier alpha value is -2.24. The lowest BCUT2D eigenvalue weighted by Crippen LogP contribution is -2.30. The molecule has 0 saturated heterocycles. The largest absolute Gasteiger partial charge is 0.271 e. The number of nitrogens with zero attached hydrogens (tertiary/aromatic N) is 3. The van der Waals surface area contributed by atoms with E-state index in [4.69, 9.17) is 5.84 Å². The van der Waals surface area contributed by atoms with Gasteiger partial charge >= 0.3 is 0 Å². The number of pyridine rings is 1. The van der Waals surface area contributed by atoms with Crippen molar-refractivity contribution in [3.63, 3.8) is 0 Å². The van der Waals surface area contributed by atoms with Gasteiger partial charge in [0, 0.05) is 24.3 Å². The summed E-state index contributed by atoms with van der Waals surface area (Å²) in [6, 6.07) is 12.0. The average molecular weight is 267 g/mol. The molecule has 5 heteroatoms. The number of aryl methyl sites for hydroxylation is 1. The Morgan fingerprint density at radius 2 is 2.10 bits per heavy atom. The van der Waals surface area contributed by atoms with Crippen LogP contribution in [0.4, 0.5) is 0 Å². The molecule has 0 aliphatic heterocycles. The summed E-state index contributed by atoms with van der Waals surface area (Å²) >= 11 is 0. The van der Waals surface area contributed by atoms with Crippen molar-refractivity contribution in [2.24, 2.45) is 5.84 Å². The molecule has 3 aromatic rings. The van der Waals surface area contributed by atoms with Gasteiger partial charge in [-0.25, -0.2) is 5.43 Å². The van der Waals surface area contributed by atoms with E-state index in [-0.39, 0.29) is 6.04 Å². The lowest BCUT2D eigenvalue weighted by molar-refractivity contribution is 0.545. The van der Waals surface area contributed by atoms with Crippen molar-refractivity contribution in [3.8, 4) is 0 Å². The van der Waals surface area contributed by atoms with Crippen molar-refractivity contribution in [1.82, 2.24) is 20.2 Å². The Morgan fingerprint density at radius 3 is 2.90 bits per heavy atom. The standard InChI is InChI=1S/C15H17N5/c1-2-20-14(8-10-18-20)15(19-16)12-5-3-7-13-11(12)6-4-9-17-13/h3-10,15,19H,2,16H2,1H3. The summed E-state index contributed by atoms with van der Waals surface area (Å²) in [6.45, 7) is 2.87. The van der Waals surface area contributed by atoms with Crippen molar-refractivity contribution in [2.45, 2.75) is 19.5 Å². The van der Waals surface area contributed by atoms with Crippen LogP contribution in [0.15, 0.2) is 48.8 Å². The average Bonchev–Trinajstić information content (AvgIpc) is 2.97. The third-order valence-electron chi connectivity index (χ3n) is 3.50. The normalized spacial score (nSPS) is 12.7. The summed E-state index contributed by atoms with van der Waals surface area (Å²) in [5.74, 6) is 5.80. The first-order valence-electron chi connectivity index (χ1n) is 6.66. The first kappa shape index (κ1) is 12.8. The Kier molecular flexibility index (Phi) is 3.45. The summed E-state index contributed by atoms with van der Waals surface area (Å²) in [4.78, 5) is 4.39. The summed E-state index contributed by atoms with van der Waals surface area (Å²) in [6.07, 6.45) is 3.60. The minimum absolute atomic E-state index is 0.106. The predicted octanol–water partition coefficient (Wildman–Crippen LogP) is 2.00. The first-order valence-corrected chi connectivity index (χ1v) is 6.66. The zero-order valence-electron chi connectivity index (χ0n) is 11.3. The fourth-order valence-corrected chi connectivity index (χ4v) is 2.57. The lowest BCUT2D eigenvalue weighted by Gasteiger charge is -2.19. The van der Waals surface area contributed by atoms with Gasteiger partial charge in [-0.05, 0) is 30.7 Å². The molecule has 102 valence electrons. The third kappa shape index (κ3) is 2.07. The van der Waals surface area contributed by atoms with Crippen molar-refractivity contribution in [2.75, 3.05) is 0 Å². The Balaban J connectivity index is 2.17. The second-order valence-electron chi connectivity index (χ2n) is 4.59. The molecule has 2 heterocycles. The van der Waals surface area contributed by atoms with Crippen LogP contribution in [0.1, 0.15) is 24.2 Å². The highest BCUT2D eigenvalue weighted by atomic mass is 15.3. The molecule has 0 aliphatic rings. The number of fused-ring (bicyclic) bond motifs is 1. The van der Waals surface area contributed by atoms with Gasteiger partial charge < -0.3 is 0 Å². The Morgan fingerprint density at radius 1 is 1.20 bits per heavy atom. The molecule has 1 unspecified atom stereocenters. The van der Waals surface area contributed by atoms with E-state index in [2.05, 4.69) is 34.6 Å². The molecular weight excluding hydrogens is 250 g/mol. The molecule has 0 fully saturated rings. The number of nitrogens with one attached hydrogen (secondary N) is 1. The van der Waals surface area contributed by atoms with E-state index < -0.39 is 0 Å². The number of hydrazine groups is 1. The van der Waals surface area contributed by atoms with Crippen molar-refractivity contribution >= 4 is 10.9 Å². The topological polar surface area (TPSA) is 68.8 Å². The van der Waals surface area contributed by atoms with Gasteiger partial charge in [-0.15, -0.1) is 0 Å². The second kappa shape index (κ2) is 5.40. The highest BCUT2D eigenvalue weighted by molar-refractivity contribution is 5.82. The molecule has 0 radical (unpaired) electrons. The molecular formula is C15H17N5. The van der Waals surface area contributed by atoms with E-state index in [1.165, 1.54) is 0 Å². The minimum atomic E-state index is -0.106. The molecule has 2 aromatic heterocycles. The van der Waals surface area contributed by atoms with Crippen LogP contribution in [0.2, 0.25) is 0 Å². The molecule has 0 aliphatic carbocycles. The SMILES string of the molecule is CCn1nccc1C(NN)c1cccc2ncccc12. The van der Waals surface area contributed by atoms with E-state index in [0.29, 0.717) is 0 Å². The van der Waals surface area contributed by atoms with Crippen LogP contribution < -0.4 is 11.3 Å².